The largest absolute Gasteiger partial charge is 0.472 e. The van der Waals surface area contributed by atoms with Gasteiger partial charge in [-0.3, -0.25) is 13.8 Å². The van der Waals surface area contributed by atoms with E-state index in [2.05, 4.69) is 177 Å². The van der Waals surface area contributed by atoms with Crippen LogP contribution in [0.3, 0.4) is 0 Å². The highest BCUT2D eigenvalue weighted by Gasteiger charge is 2.28. The van der Waals surface area contributed by atoms with Crippen molar-refractivity contribution in [2.45, 2.75) is 315 Å². The number of phosphoric ester groups is 1. The maximum Gasteiger partial charge on any atom is 0.472 e. The minimum absolute atomic E-state index is 0.0386. The van der Waals surface area contributed by atoms with Gasteiger partial charge in [0.25, 0.3) is 0 Å². The average molecular weight is 1310 g/mol. The lowest BCUT2D eigenvalue weighted by atomic mass is 10.0. The number of allylic oxidation sites excluding steroid dienone is 27. The molecule has 0 saturated carbocycles. The molecule has 0 aliphatic carbocycles. The summed E-state index contributed by atoms with van der Waals surface area (Å²) in [6.45, 7) is 4.66. The number of aliphatic hydroxyl groups excluding tert-OH is 1. The summed E-state index contributed by atoms with van der Waals surface area (Å²) in [4.78, 5) is 23.4. The summed E-state index contributed by atoms with van der Waals surface area (Å²) in [6, 6.07) is -0.902. The number of likely N-dealkylation sites (N-methyl/N-ethyl adjacent to an activating group) is 1. The Hall–Kier alpha value is -4.14. The van der Waals surface area contributed by atoms with Gasteiger partial charge < -0.3 is 19.8 Å². The molecule has 0 aromatic rings. The topological polar surface area (TPSA) is 105 Å². The van der Waals surface area contributed by atoms with Gasteiger partial charge in [-0.1, -0.05) is 344 Å². The fourth-order valence-electron chi connectivity index (χ4n) is 10.3. The number of quaternary nitrogens is 1. The molecule has 3 unspecified atom stereocenters. The van der Waals surface area contributed by atoms with Crippen LogP contribution in [0.1, 0.15) is 303 Å². The van der Waals surface area contributed by atoms with E-state index in [0.717, 1.165) is 109 Å². The first-order valence-electron chi connectivity index (χ1n) is 38.0. The Morgan fingerprint density at radius 1 is 0.376 bits per heavy atom. The van der Waals surface area contributed by atoms with Crippen LogP contribution in [0.15, 0.2) is 170 Å². The molecule has 0 rings (SSSR count). The van der Waals surface area contributed by atoms with Crippen molar-refractivity contribution in [2.24, 2.45) is 0 Å². The molecule has 93 heavy (non-hydrogen) atoms. The molecule has 530 valence electrons. The SMILES string of the molecule is CC/C=C\C/C=C\C/C=C\C/C=C\C/C=C\C/C=C\C/C=C\C/C=C\C/C=C\C/C=C\C/C=C\C/C=C\CCCCC(=O)NC(COP(=O)(O)OCC[N+](C)(C)C)C(O)/C=C/CC/C=C/CCCCCCCCCCCCCCCCCCCCCCCCCCCC. The number of nitrogens with zero attached hydrogens (tertiary/aromatic N) is 1. The molecule has 0 aromatic carbocycles. The fourth-order valence-corrected chi connectivity index (χ4v) is 11.1. The van der Waals surface area contributed by atoms with Crippen molar-refractivity contribution in [1.82, 2.24) is 5.32 Å². The molecule has 0 aliphatic rings. The molecular weight excluding hydrogens is 1160 g/mol. The molecule has 0 aromatic heterocycles. The zero-order valence-corrected chi connectivity index (χ0v) is 61.6. The second-order valence-corrected chi connectivity index (χ2v) is 27.7. The summed E-state index contributed by atoms with van der Waals surface area (Å²) in [6.07, 6.45) is 114. The van der Waals surface area contributed by atoms with Gasteiger partial charge in [-0.15, -0.1) is 0 Å². The van der Waals surface area contributed by atoms with E-state index in [1.165, 1.54) is 167 Å². The molecule has 1 amide bonds. The number of phosphoric acid groups is 1. The van der Waals surface area contributed by atoms with Crippen LogP contribution < -0.4 is 5.32 Å². The van der Waals surface area contributed by atoms with Crippen LogP contribution in [0.5, 0.6) is 0 Å². The molecule has 0 fully saturated rings. The average Bonchev–Trinajstić information content (AvgIpc) is 1.94. The van der Waals surface area contributed by atoms with Crippen LogP contribution in [0.4, 0.5) is 0 Å². The van der Waals surface area contributed by atoms with Crippen molar-refractivity contribution in [3.05, 3.63) is 170 Å². The minimum atomic E-state index is -4.39. The van der Waals surface area contributed by atoms with Gasteiger partial charge in [0.2, 0.25) is 5.91 Å². The molecule has 0 aliphatic heterocycles. The monoisotopic (exact) mass is 1310 g/mol. The number of rotatable bonds is 68. The van der Waals surface area contributed by atoms with Gasteiger partial charge in [0, 0.05) is 6.42 Å². The molecule has 0 spiro atoms. The number of carbonyl (C=O) groups is 1. The third-order valence-electron chi connectivity index (χ3n) is 16.2. The molecular formula is C84H144N2O6P+. The Balaban J connectivity index is 4.22. The van der Waals surface area contributed by atoms with E-state index in [1.54, 1.807) is 6.08 Å². The second-order valence-electron chi connectivity index (χ2n) is 26.3. The number of aliphatic hydroxyl groups is 1. The van der Waals surface area contributed by atoms with Gasteiger partial charge in [0.15, 0.2) is 0 Å². The number of hydrogen-bond donors (Lipinski definition) is 3. The smallest absolute Gasteiger partial charge is 0.387 e. The maximum atomic E-state index is 13.1. The van der Waals surface area contributed by atoms with E-state index in [1.807, 2.05) is 27.2 Å². The molecule has 0 saturated heterocycles. The Morgan fingerprint density at radius 3 is 0.989 bits per heavy atom. The lowest BCUT2D eigenvalue weighted by Crippen LogP contribution is -2.45. The van der Waals surface area contributed by atoms with Crippen molar-refractivity contribution < 1.29 is 32.9 Å². The summed E-state index contributed by atoms with van der Waals surface area (Å²) >= 11 is 0. The van der Waals surface area contributed by atoms with Crippen molar-refractivity contribution in [3.63, 3.8) is 0 Å². The Labute approximate surface area is 574 Å². The van der Waals surface area contributed by atoms with E-state index >= 15 is 0 Å². The van der Waals surface area contributed by atoms with Gasteiger partial charge in [-0.05, 0) is 122 Å². The highest BCUT2D eigenvalue weighted by atomic mass is 31.2. The van der Waals surface area contributed by atoms with Crippen molar-refractivity contribution in [2.75, 3.05) is 40.9 Å². The highest BCUT2D eigenvalue weighted by molar-refractivity contribution is 7.47. The van der Waals surface area contributed by atoms with Crippen LogP contribution in [0, 0.1) is 0 Å². The zero-order valence-electron chi connectivity index (χ0n) is 60.7. The van der Waals surface area contributed by atoms with Crippen LogP contribution in [0.2, 0.25) is 0 Å². The predicted molar refractivity (Wildman–Crippen MR) is 410 cm³/mol. The molecule has 3 atom stereocenters. The summed E-state index contributed by atoms with van der Waals surface area (Å²) in [5.74, 6) is -0.233. The van der Waals surface area contributed by atoms with Gasteiger partial charge in [-0.2, -0.15) is 0 Å². The van der Waals surface area contributed by atoms with E-state index in [4.69, 9.17) is 9.05 Å². The van der Waals surface area contributed by atoms with E-state index in [0.29, 0.717) is 17.4 Å². The first kappa shape index (κ1) is 88.9. The summed E-state index contributed by atoms with van der Waals surface area (Å²) in [7, 11) is 1.51. The van der Waals surface area contributed by atoms with E-state index < -0.39 is 20.0 Å². The number of amides is 1. The summed E-state index contributed by atoms with van der Waals surface area (Å²) < 4.78 is 23.8. The Morgan fingerprint density at radius 2 is 0.656 bits per heavy atom. The molecule has 3 N–H and O–H groups in total. The fraction of sp³-hybridized carbons (Fsp3) is 0.655. The van der Waals surface area contributed by atoms with Gasteiger partial charge >= 0.3 is 7.82 Å². The highest BCUT2D eigenvalue weighted by Crippen LogP contribution is 2.43. The molecule has 0 radical (unpaired) electrons. The molecule has 0 heterocycles. The van der Waals surface area contributed by atoms with Crippen LogP contribution >= 0.6 is 7.82 Å². The first-order valence-corrected chi connectivity index (χ1v) is 39.5. The van der Waals surface area contributed by atoms with Gasteiger partial charge in [0.05, 0.1) is 39.9 Å². The van der Waals surface area contributed by atoms with Gasteiger partial charge in [-0.25, -0.2) is 4.57 Å². The maximum absolute atomic E-state index is 13.1. The van der Waals surface area contributed by atoms with Crippen LogP contribution in [-0.2, 0) is 18.4 Å². The lowest BCUT2D eigenvalue weighted by molar-refractivity contribution is -0.870. The third kappa shape index (κ3) is 75.1. The summed E-state index contributed by atoms with van der Waals surface area (Å²) in [5, 5.41) is 14.0. The molecule has 8 nitrogen and oxygen atoms in total. The third-order valence-corrected chi connectivity index (χ3v) is 17.2. The molecule has 0 bridgehead atoms. The second kappa shape index (κ2) is 72.1. The Bertz CT molecular complexity index is 2130. The Kier molecular flexibility index (Phi) is 68.9. The molecule has 9 heteroatoms. The minimum Gasteiger partial charge on any atom is -0.387 e. The van der Waals surface area contributed by atoms with Crippen LogP contribution in [-0.4, -0.2) is 73.4 Å². The van der Waals surface area contributed by atoms with Crippen molar-refractivity contribution in [1.29, 1.82) is 0 Å². The number of unbranched alkanes of at least 4 members (excludes halogenated alkanes) is 29. The van der Waals surface area contributed by atoms with Crippen molar-refractivity contribution in [3.8, 4) is 0 Å². The van der Waals surface area contributed by atoms with E-state index in [9.17, 15) is 19.4 Å². The van der Waals surface area contributed by atoms with Crippen LogP contribution in [0.25, 0.3) is 0 Å². The first-order chi connectivity index (χ1) is 45.5. The number of nitrogens with one attached hydrogen (secondary N) is 1. The van der Waals surface area contributed by atoms with E-state index in [-0.39, 0.29) is 25.5 Å². The lowest BCUT2D eigenvalue weighted by Gasteiger charge is -2.25. The number of carbonyl (C=O) groups excluding carboxylic acids is 1. The quantitative estimate of drug-likeness (QED) is 0.0243. The predicted octanol–water partition coefficient (Wildman–Crippen LogP) is 25.1. The van der Waals surface area contributed by atoms with Crippen molar-refractivity contribution >= 4 is 13.7 Å². The zero-order chi connectivity index (χ0) is 67.6. The summed E-state index contributed by atoms with van der Waals surface area (Å²) in [5.41, 5.74) is 0. The number of hydrogen-bond acceptors (Lipinski definition) is 5. The van der Waals surface area contributed by atoms with Gasteiger partial charge in [0.1, 0.15) is 13.2 Å². The standard InChI is InChI=1S/C84H143N2O6P/c1-6-8-10-12-14-16-18-20-22-24-26-28-30-32-34-36-38-40-41-42-43-44-45-46-48-50-52-54-56-58-60-62-64-66-68-70-72-74-76-78-84(88)85-82(81-92-93(89,90)91-80-79-86(3,4)5)83(87)77-75-73-71-69-67-65-63-61-59-57-55-53-51-49-47-39-37-35-33-31-29-27-25-23-21-19-17-15-13-11-9-7-2/h8,10,14,16,20,22,26,28,32,34,38,40,42-43,45-46,50,52,56,58,62,64,67-70,75,77,82-83,87H,6-7,9,11-13,15,17-19,21,23-25,27,29-31,33,35-37,39,41,44,47-49,51,53-55,57,59-61,63,65-66,71-74,76,78-81H2,1-5H3,(H-,85,88,89,90)/p+1/b10-8-,16-14-,22-20-,28-26-,34-32-,40-38-,43-42-,46-45-,52-50-,58-56-,64-62-,69-67+,70-68-,77-75+. The normalized spacial score (nSPS) is 14.5.